The summed E-state index contributed by atoms with van der Waals surface area (Å²) in [4.78, 5) is 2.43. The van der Waals surface area contributed by atoms with E-state index in [4.69, 9.17) is 0 Å². The highest BCUT2D eigenvalue weighted by Crippen LogP contribution is 2.51. The molecule has 0 spiro atoms. The molecule has 0 fully saturated rings. The van der Waals surface area contributed by atoms with Crippen molar-refractivity contribution < 1.29 is 0 Å². The molecule has 1 unspecified atom stereocenters. The van der Waals surface area contributed by atoms with Gasteiger partial charge in [-0.2, -0.15) is 0 Å². The van der Waals surface area contributed by atoms with E-state index in [-0.39, 0.29) is 0 Å². The summed E-state index contributed by atoms with van der Waals surface area (Å²) in [5.74, 6) is 0.357. The Morgan fingerprint density at radius 3 is 1.60 bits per heavy atom. The number of fused-ring (bicyclic) bond motifs is 1. The zero-order chi connectivity index (χ0) is 32.9. The lowest BCUT2D eigenvalue weighted by atomic mass is 9.96. The minimum atomic E-state index is 0.357. The molecule has 3 heteroatoms. The van der Waals surface area contributed by atoms with Gasteiger partial charge in [0.2, 0.25) is 0 Å². The monoisotopic (exact) mass is 639 g/mol. The number of anilines is 2. The molecule has 3 nitrogen and oxygen atoms in total. The maximum Gasteiger partial charge on any atom is 0.0548 e. The molecule has 2 aliphatic carbocycles. The molecule has 0 N–H and O–H groups in total. The Labute approximate surface area is 290 Å². The summed E-state index contributed by atoms with van der Waals surface area (Å²) in [6, 6.07) is 55.5. The second kappa shape index (κ2) is 10.3. The molecule has 50 heavy (non-hydrogen) atoms. The zero-order valence-corrected chi connectivity index (χ0v) is 27.7. The van der Waals surface area contributed by atoms with Gasteiger partial charge in [-0.25, -0.2) is 0 Å². The van der Waals surface area contributed by atoms with Gasteiger partial charge in [-0.05, 0) is 95.6 Å². The highest BCUT2D eigenvalue weighted by atomic mass is 15.2. The van der Waals surface area contributed by atoms with Crippen LogP contribution in [0, 0.1) is 5.92 Å². The second-order valence-electron chi connectivity index (χ2n) is 13.8. The van der Waals surface area contributed by atoms with Crippen LogP contribution >= 0.6 is 0 Å². The fraction of sp³-hybridized carbons (Fsp3) is 0.0638. The van der Waals surface area contributed by atoms with Crippen molar-refractivity contribution in [3.63, 3.8) is 0 Å². The number of allylic oxidation sites excluding steroid dienone is 4. The van der Waals surface area contributed by atoms with E-state index >= 15 is 0 Å². The Hall–Kier alpha value is -6.32. The molecule has 2 heterocycles. The standard InChI is InChI=1S/C47H33N3/c1-30-27-35(48(32-13-5-2-6-14-32)33-15-7-3-8-16-33)29-36(28-30)50-40-22-12-20-38-37-19-11-21-39-44(37)46-41(49(39)34-17-9-4-10-18-34)25-23-31-24-26-42(50)47(43(31)46)45(38)40/h2-26,28-30H,27H2,1H3. The third-order valence-corrected chi connectivity index (χ3v) is 10.9. The minimum Gasteiger partial charge on any atom is -0.314 e. The van der Waals surface area contributed by atoms with Crippen molar-refractivity contribution in [2.75, 3.05) is 4.90 Å². The summed E-state index contributed by atoms with van der Waals surface area (Å²) < 4.78 is 4.99. The van der Waals surface area contributed by atoms with Gasteiger partial charge < -0.3 is 14.0 Å². The Morgan fingerprint density at radius 2 is 1.00 bits per heavy atom. The van der Waals surface area contributed by atoms with Gasteiger partial charge in [-0.1, -0.05) is 104 Å². The van der Waals surface area contributed by atoms with Gasteiger partial charge in [0.1, 0.15) is 0 Å². The summed E-state index contributed by atoms with van der Waals surface area (Å²) in [5, 5.41) is 8.01. The largest absolute Gasteiger partial charge is 0.314 e. The average Bonchev–Trinajstić information content (AvgIpc) is 3.65. The van der Waals surface area contributed by atoms with E-state index in [1.807, 2.05) is 0 Å². The lowest BCUT2D eigenvalue weighted by Crippen LogP contribution is -2.20. The lowest BCUT2D eigenvalue weighted by molar-refractivity contribution is 0.695. The molecule has 0 bridgehead atoms. The maximum atomic E-state index is 2.54. The molecule has 11 rings (SSSR count). The first-order chi connectivity index (χ1) is 24.7. The van der Waals surface area contributed by atoms with E-state index in [9.17, 15) is 0 Å². The number of nitrogens with zero attached hydrogens (tertiary/aromatic N) is 3. The quantitative estimate of drug-likeness (QED) is 0.183. The molecule has 2 aliphatic rings. The van der Waals surface area contributed by atoms with E-state index in [0.717, 1.165) is 6.42 Å². The minimum absolute atomic E-state index is 0.357. The average molecular weight is 640 g/mol. The molecule has 0 saturated heterocycles. The van der Waals surface area contributed by atoms with Gasteiger partial charge in [-0.15, -0.1) is 0 Å². The Morgan fingerprint density at radius 1 is 0.480 bits per heavy atom. The maximum absolute atomic E-state index is 2.54. The van der Waals surface area contributed by atoms with Crippen LogP contribution in [0.5, 0.6) is 0 Å². The lowest BCUT2D eigenvalue weighted by Gasteiger charge is -2.32. The molecular weight excluding hydrogens is 607 g/mol. The molecule has 1 atom stereocenters. The van der Waals surface area contributed by atoms with Crippen LogP contribution in [-0.4, -0.2) is 9.13 Å². The third kappa shape index (κ3) is 3.75. The molecule has 236 valence electrons. The zero-order valence-electron chi connectivity index (χ0n) is 27.7. The first kappa shape index (κ1) is 27.6. The molecule has 0 aliphatic heterocycles. The second-order valence-corrected chi connectivity index (χ2v) is 13.8. The highest BCUT2D eigenvalue weighted by Gasteiger charge is 2.28. The summed E-state index contributed by atoms with van der Waals surface area (Å²) in [6.07, 6.45) is 5.86. The van der Waals surface area contributed by atoms with E-state index in [1.165, 1.54) is 94.0 Å². The van der Waals surface area contributed by atoms with Crippen molar-refractivity contribution in [2.45, 2.75) is 13.3 Å². The van der Waals surface area contributed by atoms with Crippen LogP contribution in [0.2, 0.25) is 0 Å². The van der Waals surface area contributed by atoms with E-state index in [2.05, 4.69) is 185 Å². The van der Waals surface area contributed by atoms with Crippen molar-refractivity contribution in [1.29, 1.82) is 0 Å². The molecule has 7 aromatic carbocycles. The van der Waals surface area contributed by atoms with Crippen LogP contribution in [0.1, 0.15) is 13.3 Å². The van der Waals surface area contributed by atoms with Crippen molar-refractivity contribution in [2.24, 2.45) is 5.92 Å². The number of para-hydroxylation sites is 3. The van der Waals surface area contributed by atoms with E-state index in [0.29, 0.717) is 5.92 Å². The summed E-state index contributed by atoms with van der Waals surface area (Å²) in [5.41, 5.74) is 13.7. The van der Waals surface area contributed by atoms with Crippen LogP contribution in [0.15, 0.2) is 170 Å². The molecule has 0 amide bonds. The SMILES string of the molecule is CC1C=C(n2c3cccc4c3c3c5c(ccc32)ccc2c5c3c-4cccc3n2-c2ccccc2)C=C(N(c2ccccc2)c2ccccc2)C1. The van der Waals surface area contributed by atoms with Gasteiger partial charge in [0.05, 0.1) is 22.1 Å². The van der Waals surface area contributed by atoms with Crippen molar-refractivity contribution in [3.8, 4) is 16.8 Å². The molecule has 9 aromatic rings. The van der Waals surface area contributed by atoms with E-state index in [1.54, 1.807) is 0 Å². The number of aromatic nitrogens is 2. The van der Waals surface area contributed by atoms with Crippen LogP contribution in [-0.2, 0) is 0 Å². The topological polar surface area (TPSA) is 13.1 Å². The predicted molar refractivity (Wildman–Crippen MR) is 211 cm³/mol. The van der Waals surface area contributed by atoms with Gasteiger partial charge >= 0.3 is 0 Å². The van der Waals surface area contributed by atoms with Crippen LogP contribution in [0.25, 0.3) is 76.9 Å². The Balaban J connectivity index is 1.24. The number of benzene rings is 7. The first-order valence-electron chi connectivity index (χ1n) is 17.6. The summed E-state index contributed by atoms with van der Waals surface area (Å²) >= 11 is 0. The predicted octanol–water partition coefficient (Wildman–Crippen LogP) is 12.6. The van der Waals surface area contributed by atoms with E-state index < -0.39 is 0 Å². The number of hydrogen-bond donors (Lipinski definition) is 0. The van der Waals surface area contributed by atoms with Crippen LogP contribution < -0.4 is 4.90 Å². The van der Waals surface area contributed by atoms with Crippen LogP contribution in [0.3, 0.4) is 0 Å². The van der Waals surface area contributed by atoms with Crippen LogP contribution in [0.4, 0.5) is 11.4 Å². The van der Waals surface area contributed by atoms with Crippen molar-refractivity contribution in [1.82, 2.24) is 9.13 Å². The van der Waals surface area contributed by atoms with Gasteiger partial charge in [0.25, 0.3) is 0 Å². The van der Waals surface area contributed by atoms with Gasteiger partial charge in [0, 0.05) is 55.4 Å². The molecular formula is C47H33N3. The fourth-order valence-electron chi connectivity index (χ4n) is 8.98. The number of rotatable bonds is 5. The third-order valence-electron chi connectivity index (χ3n) is 10.9. The van der Waals surface area contributed by atoms with Gasteiger partial charge in [0.15, 0.2) is 0 Å². The van der Waals surface area contributed by atoms with Crippen molar-refractivity contribution >= 4 is 71.5 Å². The highest BCUT2D eigenvalue weighted by molar-refractivity contribution is 6.38. The normalized spacial score (nSPS) is 15.3. The molecule has 0 saturated carbocycles. The smallest absolute Gasteiger partial charge is 0.0548 e. The summed E-state index contributed by atoms with van der Waals surface area (Å²) in [7, 11) is 0. The van der Waals surface area contributed by atoms with Crippen molar-refractivity contribution in [3.05, 3.63) is 170 Å². The Kier molecular flexibility index (Phi) is 5.71. The molecule has 2 aromatic heterocycles. The summed E-state index contributed by atoms with van der Waals surface area (Å²) in [6.45, 7) is 2.35. The first-order valence-corrected chi connectivity index (χ1v) is 17.6. The molecule has 0 radical (unpaired) electrons. The Bertz CT molecular complexity index is 2850. The fourth-order valence-corrected chi connectivity index (χ4v) is 8.98. The number of hydrogen-bond acceptors (Lipinski definition) is 1. The van der Waals surface area contributed by atoms with Gasteiger partial charge in [-0.3, -0.25) is 0 Å².